The number of nitrogens with one attached hydrogen (secondary N) is 2. The number of halogens is 1. The standard InChI is InChI=1S/C16H28N4O3S.HI/c1-6-17-16(19-13(2)12-23-5)18-11-14-9-7-8-10-15(14)24(21,22)20(3)4;/h7-10,13H,6,11-12H2,1-5H3,(H2,17,18,19);1H. The van der Waals surface area contributed by atoms with Gasteiger partial charge in [0.2, 0.25) is 10.0 Å². The third kappa shape index (κ3) is 7.47. The molecular weight excluding hydrogens is 455 g/mol. The second-order valence-corrected chi connectivity index (χ2v) is 7.71. The number of benzene rings is 1. The number of rotatable bonds is 8. The van der Waals surface area contributed by atoms with Gasteiger partial charge in [-0.25, -0.2) is 17.7 Å². The van der Waals surface area contributed by atoms with Gasteiger partial charge in [0.05, 0.1) is 18.0 Å². The van der Waals surface area contributed by atoms with Gasteiger partial charge in [-0.2, -0.15) is 0 Å². The van der Waals surface area contributed by atoms with Gasteiger partial charge in [0.1, 0.15) is 0 Å². The molecule has 0 aliphatic rings. The molecule has 1 unspecified atom stereocenters. The Labute approximate surface area is 168 Å². The smallest absolute Gasteiger partial charge is 0.242 e. The lowest BCUT2D eigenvalue weighted by molar-refractivity contribution is 0.179. The van der Waals surface area contributed by atoms with E-state index in [2.05, 4.69) is 15.6 Å². The summed E-state index contributed by atoms with van der Waals surface area (Å²) in [6.45, 7) is 5.49. The molecule has 1 atom stereocenters. The van der Waals surface area contributed by atoms with Crippen molar-refractivity contribution in [3.63, 3.8) is 0 Å². The molecule has 0 amide bonds. The minimum absolute atomic E-state index is 0. The van der Waals surface area contributed by atoms with Crippen molar-refractivity contribution >= 4 is 40.0 Å². The highest BCUT2D eigenvalue weighted by atomic mass is 127. The van der Waals surface area contributed by atoms with Crippen LogP contribution in [0.3, 0.4) is 0 Å². The average molecular weight is 484 g/mol. The molecule has 0 spiro atoms. The second kappa shape index (κ2) is 11.7. The molecule has 2 N–H and O–H groups in total. The molecule has 0 aromatic heterocycles. The molecule has 1 aromatic rings. The van der Waals surface area contributed by atoms with Crippen LogP contribution in [0, 0.1) is 0 Å². The Balaban J connectivity index is 0.00000576. The third-order valence-electron chi connectivity index (χ3n) is 3.28. The summed E-state index contributed by atoms with van der Waals surface area (Å²) in [7, 11) is 1.19. The van der Waals surface area contributed by atoms with Crippen molar-refractivity contribution in [2.24, 2.45) is 4.99 Å². The van der Waals surface area contributed by atoms with E-state index in [-0.39, 0.29) is 41.5 Å². The van der Waals surface area contributed by atoms with Gasteiger partial charge in [-0.1, -0.05) is 18.2 Å². The number of sulfonamides is 1. The molecule has 0 fully saturated rings. The number of guanidine groups is 1. The fourth-order valence-electron chi connectivity index (χ4n) is 2.09. The molecule has 0 aliphatic carbocycles. The molecule has 0 aliphatic heterocycles. The van der Waals surface area contributed by atoms with Gasteiger partial charge in [0, 0.05) is 33.8 Å². The SMILES string of the molecule is CCNC(=NCc1ccccc1S(=O)(=O)N(C)C)NC(C)COC.I. The largest absolute Gasteiger partial charge is 0.383 e. The van der Waals surface area contributed by atoms with Crippen LogP contribution in [-0.2, 0) is 21.3 Å². The lowest BCUT2D eigenvalue weighted by Crippen LogP contribution is -2.43. The molecular formula is C16H29IN4O3S. The Morgan fingerprint density at radius 3 is 2.52 bits per heavy atom. The van der Waals surface area contributed by atoms with Gasteiger partial charge in [-0.3, -0.25) is 0 Å². The monoisotopic (exact) mass is 484 g/mol. The van der Waals surface area contributed by atoms with E-state index in [0.29, 0.717) is 24.7 Å². The summed E-state index contributed by atoms with van der Waals surface area (Å²) in [5.74, 6) is 0.624. The van der Waals surface area contributed by atoms with E-state index in [1.807, 2.05) is 19.9 Å². The number of hydrogen-bond acceptors (Lipinski definition) is 4. The van der Waals surface area contributed by atoms with Gasteiger partial charge in [-0.15, -0.1) is 24.0 Å². The number of ether oxygens (including phenoxy) is 1. The van der Waals surface area contributed by atoms with E-state index in [4.69, 9.17) is 4.74 Å². The summed E-state index contributed by atoms with van der Waals surface area (Å²) in [6, 6.07) is 7.01. The van der Waals surface area contributed by atoms with Crippen LogP contribution in [0.1, 0.15) is 19.4 Å². The number of nitrogens with zero attached hydrogens (tertiary/aromatic N) is 2. The fraction of sp³-hybridized carbons (Fsp3) is 0.562. The Bertz CT molecular complexity index is 651. The first kappa shape index (κ1) is 24.1. The zero-order valence-corrected chi connectivity index (χ0v) is 18.6. The van der Waals surface area contributed by atoms with Crippen LogP contribution in [0.2, 0.25) is 0 Å². The van der Waals surface area contributed by atoms with Crippen LogP contribution in [-0.4, -0.2) is 59.1 Å². The van der Waals surface area contributed by atoms with Crippen LogP contribution in [0.25, 0.3) is 0 Å². The molecule has 0 radical (unpaired) electrons. The van der Waals surface area contributed by atoms with Crippen LogP contribution in [0.4, 0.5) is 0 Å². The molecule has 0 heterocycles. The Kier molecular flexibility index (Phi) is 11.2. The fourth-order valence-corrected chi connectivity index (χ4v) is 3.20. The highest BCUT2D eigenvalue weighted by Gasteiger charge is 2.20. The van der Waals surface area contributed by atoms with E-state index in [9.17, 15) is 8.42 Å². The van der Waals surface area contributed by atoms with Crippen molar-refractivity contribution in [2.45, 2.75) is 31.3 Å². The van der Waals surface area contributed by atoms with Crippen LogP contribution >= 0.6 is 24.0 Å². The molecule has 0 bridgehead atoms. The zero-order valence-electron chi connectivity index (χ0n) is 15.4. The third-order valence-corrected chi connectivity index (χ3v) is 5.20. The lowest BCUT2D eigenvalue weighted by atomic mass is 10.2. The first-order chi connectivity index (χ1) is 11.3. The van der Waals surface area contributed by atoms with E-state index >= 15 is 0 Å². The first-order valence-corrected chi connectivity index (χ1v) is 9.31. The number of hydrogen-bond donors (Lipinski definition) is 2. The number of methoxy groups -OCH3 is 1. The lowest BCUT2D eigenvalue weighted by Gasteiger charge is -2.18. The molecule has 1 rings (SSSR count). The minimum Gasteiger partial charge on any atom is -0.383 e. The van der Waals surface area contributed by atoms with Crippen LogP contribution < -0.4 is 10.6 Å². The quantitative estimate of drug-likeness (QED) is 0.333. The Hall–Kier alpha value is -0.910. The first-order valence-electron chi connectivity index (χ1n) is 7.87. The summed E-state index contributed by atoms with van der Waals surface area (Å²) in [5.41, 5.74) is 0.655. The maximum absolute atomic E-state index is 12.4. The molecule has 144 valence electrons. The topological polar surface area (TPSA) is 83.0 Å². The van der Waals surface area contributed by atoms with Gasteiger partial charge in [-0.05, 0) is 25.5 Å². The summed E-state index contributed by atoms with van der Waals surface area (Å²) in [5, 5.41) is 6.37. The highest BCUT2D eigenvalue weighted by Crippen LogP contribution is 2.19. The maximum atomic E-state index is 12.4. The predicted molar refractivity (Wildman–Crippen MR) is 112 cm³/mol. The van der Waals surface area contributed by atoms with Crippen LogP contribution in [0.5, 0.6) is 0 Å². The summed E-state index contributed by atoms with van der Waals surface area (Å²) < 4.78 is 31.1. The molecule has 7 nitrogen and oxygen atoms in total. The van der Waals surface area contributed by atoms with Crippen molar-refractivity contribution in [1.29, 1.82) is 0 Å². The number of aliphatic imine (C=N–C) groups is 1. The Morgan fingerprint density at radius 2 is 1.96 bits per heavy atom. The summed E-state index contributed by atoms with van der Waals surface area (Å²) >= 11 is 0. The van der Waals surface area contributed by atoms with E-state index < -0.39 is 10.0 Å². The van der Waals surface area contributed by atoms with Crippen LogP contribution in [0.15, 0.2) is 34.2 Å². The summed E-state index contributed by atoms with van der Waals surface area (Å²) in [6.07, 6.45) is 0. The van der Waals surface area contributed by atoms with Crippen molar-refractivity contribution in [3.8, 4) is 0 Å². The highest BCUT2D eigenvalue weighted by molar-refractivity contribution is 14.0. The zero-order chi connectivity index (χ0) is 18.2. The normalized spacial score (nSPS) is 13.3. The average Bonchev–Trinajstić information content (AvgIpc) is 2.53. The maximum Gasteiger partial charge on any atom is 0.242 e. The van der Waals surface area contributed by atoms with Crippen molar-refractivity contribution < 1.29 is 13.2 Å². The second-order valence-electron chi connectivity index (χ2n) is 5.59. The minimum atomic E-state index is -3.50. The van der Waals surface area contributed by atoms with E-state index in [1.54, 1.807) is 25.3 Å². The molecule has 0 saturated heterocycles. The Morgan fingerprint density at radius 1 is 1.32 bits per heavy atom. The van der Waals surface area contributed by atoms with Crippen molar-refractivity contribution in [1.82, 2.24) is 14.9 Å². The van der Waals surface area contributed by atoms with Gasteiger partial charge in [0.15, 0.2) is 5.96 Å². The summed E-state index contributed by atoms with van der Waals surface area (Å²) in [4.78, 5) is 4.77. The predicted octanol–water partition coefficient (Wildman–Crippen LogP) is 1.64. The molecule has 25 heavy (non-hydrogen) atoms. The van der Waals surface area contributed by atoms with Gasteiger partial charge in [0.25, 0.3) is 0 Å². The molecule has 0 saturated carbocycles. The molecule has 1 aromatic carbocycles. The van der Waals surface area contributed by atoms with Gasteiger partial charge < -0.3 is 15.4 Å². The van der Waals surface area contributed by atoms with E-state index in [0.717, 1.165) is 0 Å². The molecule has 9 heteroatoms. The van der Waals surface area contributed by atoms with Crippen molar-refractivity contribution in [2.75, 3.05) is 34.4 Å². The van der Waals surface area contributed by atoms with E-state index in [1.165, 1.54) is 18.4 Å². The van der Waals surface area contributed by atoms with Crippen molar-refractivity contribution in [3.05, 3.63) is 29.8 Å². The van der Waals surface area contributed by atoms with Gasteiger partial charge >= 0.3 is 0 Å².